The highest BCUT2D eigenvalue weighted by Crippen LogP contribution is 2.31. The Balaban J connectivity index is 2.08. The Kier molecular flexibility index (Phi) is 2.69. The molecule has 2 heterocycles. The normalized spacial score (nSPS) is 13.4. The molecule has 0 unspecified atom stereocenters. The lowest BCUT2D eigenvalue weighted by atomic mass is 9.95. The second kappa shape index (κ2) is 4.70. The number of aromatic nitrogens is 2. The van der Waals surface area contributed by atoms with Crippen LogP contribution in [0.1, 0.15) is 15.9 Å². The molecule has 6 nitrogen and oxygen atoms in total. The first-order valence-corrected chi connectivity index (χ1v) is 6.77. The standard InChI is InChI=1S/C16H10N4O2/c21-15-10-6-3-5-9(12(10)8-17-20-15)14-11-4-1-2-7-13(11)18-16(22)19-14/h1-7H,8H2,(H,18,19,22). The lowest BCUT2D eigenvalue weighted by Crippen LogP contribution is -2.13. The van der Waals surface area contributed by atoms with Crippen LogP contribution in [0, 0.1) is 0 Å². The van der Waals surface area contributed by atoms with Crippen LogP contribution in [0.15, 0.2) is 57.5 Å². The summed E-state index contributed by atoms with van der Waals surface area (Å²) in [7, 11) is 0. The number of para-hydroxylation sites is 1. The third-order valence-corrected chi connectivity index (χ3v) is 3.69. The van der Waals surface area contributed by atoms with E-state index in [0.29, 0.717) is 23.3 Å². The van der Waals surface area contributed by atoms with E-state index < -0.39 is 5.69 Å². The number of H-pyrrole nitrogens is 1. The molecule has 0 spiro atoms. The Morgan fingerprint density at radius 3 is 2.68 bits per heavy atom. The molecule has 1 N–H and O–H groups in total. The summed E-state index contributed by atoms with van der Waals surface area (Å²) in [4.78, 5) is 30.5. The topological polar surface area (TPSA) is 87.5 Å². The van der Waals surface area contributed by atoms with Gasteiger partial charge in [0.2, 0.25) is 0 Å². The Morgan fingerprint density at radius 1 is 0.955 bits per heavy atom. The quantitative estimate of drug-likeness (QED) is 0.747. The molecule has 0 atom stereocenters. The van der Waals surface area contributed by atoms with Gasteiger partial charge in [-0.05, 0) is 17.7 Å². The molecule has 0 radical (unpaired) electrons. The van der Waals surface area contributed by atoms with Gasteiger partial charge in [0.1, 0.15) is 0 Å². The molecule has 0 saturated carbocycles. The highest BCUT2D eigenvalue weighted by molar-refractivity contribution is 6.00. The Labute approximate surface area is 124 Å². The van der Waals surface area contributed by atoms with Crippen molar-refractivity contribution in [3.63, 3.8) is 0 Å². The molecular weight excluding hydrogens is 280 g/mol. The van der Waals surface area contributed by atoms with E-state index in [0.717, 1.165) is 16.5 Å². The van der Waals surface area contributed by atoms with Gasteiger partial charge in [-0.1, -0.05) is 30.3 Å². The van der Waals surface area contributed by atoms with Gasteiger partial charge in [0.05, 0.1) is 17.8 Å². The van der Waals surface area contributed by atoms with Gasteiger partial charge in [-0.3, -0.25) is 4.79 Å². The van der Waals surface area contributed by atoms with Gasteiger partial charge < -0.3 is 4.98 Å². The van der Waals surface area contributed by atoms with Crippen LogP contribution in [0.5, 0.6) is 0 Å². The third-order valence-electron chi connectivity index (χ3n) is 3.69. The zero-order valence-electron chi connectivity index (χ0n) is 11.4. The summed E-state index contributed by atoms with van der Waals surface area (Å²) in [6.07, 6.45) is 0. The molecule has 1 amide bonds. The fourth-order valence-corrected chi connectivity index (χ4v) is 2.71. The Morgan fingerprint density at radius 2 is 1.77 bits per heavy atom. The van der Waals surface area contributed by atoms with Crippen molar-refractivity contribution in [3.8, 4) is 11.3 Å². The number of benzene rings is 2. The Hall–Kier alpha value is -3.15. The maximum Gasteiger partial charge on any atom is 0.345 e. The van der Waals surface area contributed by atoms with E-state index in [1.165, 1.54) is 0 Å². The van der Waals surface area contributed by atoms with Crippen molar-refractivity contribution in [2.75, 3.05) is 0 Å². The molecule has 1 aromatic heterocycles. The third kappa shape index (κ3) is 1.85. The first-order valence-electron chi connectivity index (χ1n) is 6.77. The van der Waals surface area contributed by atoms with Crippen LogP contribution in [0.3, 0.4) is 0 Å². The van der Waals surface area contributed by atoms with Crippen molar-refractivity contribution in [1.29, 1.82) is 0 Å². The summed E-state index contributed by atoms with van der Waals surface area (Å²) < 4.78 is 0. The average Bonchev–Trinajstić information content (AvgIpc) is 2.54. The minimum absolute atomic E-state index is 0.306. The highest BCUT2D eigenvalue weighted by atomic mass is 16.2. The molecule has 1 aliphatic heterocycles. The molecular formula is C16H10N4O2. The molecule has 0 fully saturated rings. The summed E-state index contributed by atoms with van der Waals surface area (Å²) in [6, 6.07) is 12.8. The summed E-state index contributed by atoms with van der Waals surface area (Å²) in [6.45, 7) is 0.306. The van der Waals surface area contributed by atoms with Gasteiger partial charge in [0.25, 0.3) is 5.91 Å². The van der Waals surface area contributed by atoms with E-state index in [-0.39, 0.29) is 5.91 Å². The fourth-order valence-electron chi connectivity index (χ4n) is 2.71. The molecule has 1 aliphatic rings. The molecule has 0 bridgehead atoms. The number of hydrogen-bond donors (Lipinski definition) is 1. The number of fused-ring (bicyclic) bond motifs is 2. The van der Waals surface area contributed by atoms with E-state index in [4.69, 9.17) is 0 Å². The maximum absolute atomic E-state index is 11.9. The molecule has 0 aliphatic carbocycles. The molecule has 2 aromatic carbocycles. The minimum atomic E-state index is -0.421. The largest absolute Gasteiger partial charge is 0.345 e. The predicted octanol–water partition coefficient (Wildman–Crippen LogP) is 2.70. The molecule has 4 rings (SSSR count). The summed E-state index contributed by atoms with van der Waals surface area (Å²) in [5.41, 5.74) is 2.85. The number of carbonyl (C=O) groups excluding carboxylic acids is 1. The zero-order chi connectivity index (χ0) is 15.1. The van der Waals surface area contributed by atoms with Gasteiger partial charge in [0, 0.05) is 16.5 Å². The number of carbonyl (C=O) groups is 1. The monoisotopic (exact) mass is 290 g/mol. The number of nitrogens with zero attached hydrogens (tertiary/aromatic N) is 3. The molecule has 3 aromatic rings. The first-order chi connectivity index (χ1) is 10.7. The van der Waals surface area contributed by atoms with Crippen LogP contribution in [0.2, 0.25) is 0 Å². The average molecular weight is 290 g/mol. The van der Waals surface area contributed by atoms with E-state index >= 15 is 0 Å². The van der Waals surface area contributed by atoms with E-state index in [9.17, 15) is 9.59 Å². The molecule has 6 heteroatoms. The van der Waals surface area contributed by atoms with Crippen LogP contribution in [-0.4, -0.2) is 15.9 Å². The van der Waals surface area contributed by atoms with Crippen LogP contribution in [0.4, 0.5) is 0 Å². The second-order valence-corrected chi connectivity index (χ2v) is 4.97. The SMILES string of the molecule is O=C1N=NCc2c1cccc2-c1nc(=O)[nH]c2ccccc12. The summed E-state index contributed by atoms with van der Waals surface area (Å²) in [5.74, 6) is -0.364. The van der Waals surface area contributed by atoms with Crippen molar-refractivity contribution in [3.05, 3.63) is 64.1 Å². The lowest BCUT2D eigenvalue weighted by molar-refractivity contribution is 0.0988. The molecule has 0 saturated heterocycles. The van der Waals surface area contributed by atoms with Crippen LogP contribution < -0.4 is 5.69 Å². The van der Waals surface area contributed by atoms with Gasteiger partial charge in [-0.15, -0.1) is 5.11 Å². The number of azo groups is 1. The maximum atomic E-state index is 11.9. The minimum Gasteiger partial charge on any atom is -0.305 e. The number of aromatic amines is 1. The summed E-state index contributed by atoms with van der Waals surface area (Å²) >= 11 is 0. The van der Waals surface area contributed by atoms with Crippen LogP contribution >= 0.6 is 0 Å². The van der Waals surface area contributed by atoms with Gasteiger partial charge in [-0.2, -0.15) is 10.1 Å². The number of nitrogens with one attached hydrogen (secondary N) is 1. The van der Waals surface area contributed by atoms with E-state index in [2.05, 4.69) is 20.2 Å². The van der Waals surface area contributed by atoms with Crippen LogP contribution in [0.25, 0.3) is 22.2 Å². The number of rotatable bonds is 1. The molecule has 106 valence electrons. The summed E-state index contributed by atoms with van der Waals surface area (Å²) in [5, 5.41) is 8.26. The van der Waals surface area contributed by atoms with Crippen LogP contribution in [-0.2, 0) is 6.54 Å². The highest BCUT2D eigenvalue weighted by Gasteiger charge is 2.20. The predicted molar refractivity (Wildman–Crippen MR) is 80.7 cm³/mol. The van der Waals surface area contributed by atoms with E-state index in [1.807, 2.05) is 30.3 Å². The smallest absolute Gasteiger partial charge is 0.305 e. The van der Waals surface area contributed by atoms with Crippen molar-refractivity contribution in [1.82, 2.24) is 9.97 Å². The molecule has 22 heavy (non-hydrogen) atoms. The fraction of sp³-hybridized carbons (Fsp3) is 0.0625. The van der Waals surface area contributed by atoms with E-state index in [1.54, 1.807) is 12.1 Å². The number of hydrogen-bond acceptors (Lipinski definition) is 4. The van der Waals surface area contributed by atoms with Crippen molar-refractivity contribution >= 4 is 16.8 Å². The Bertz CT molecular complexity index is 1000. The van der Waals surface area contributed by atoms with Gasteiger partial charge in [0.15, 0.2) is 0 Å². The van der Waals surface area contributed by atoms with Crippen molar-refractivity contribution in [2.45, 2.75) is 6.54 Å². The van der Waals surface area contributed by atoms with Crippen molar-refractivity contribution in [2.24, 2.45) is 10.2 Å². The second-order valence-electron chi connectivity index (χ2n) is 4.97. The number of amides is 1. The van der Waals surface area contributed by atoms with Gasteiger partial charge >= 0.3 is 5.69 Å². The van der Waals surface area contributed by atoms with Crippen molar-refractivity contribution < 1.29 is 4.79 Å². The zero-order valence-corrected chi connectivity index (χ0v) is 11.4. The van der Waals surface area contributed by atoms with Gasteiger partial charge in [-0.25, -0.2) is 4.79 Å². The first kappa shape index (κ1) is 12.6. The lowest BCUT2D eigenvalue weighted by Gasteiger charge is -2.14.